The zero-order chi connectivity index (χ0) is 26.1. The van der Waals surface area contributed by atoms with Crippen LogP contribution in [0.5, 0.6) is 5.75 Å². The quantitative estimate of drug-likeness (QED) is 0.213. The van der Waals surface area contributed by atoms with Gasteiger partial charge in [0.1, 0.15) is 12.4 Å². The highest BCUT2D eigenvalue weighted by Crippen LogP contribution is 2.50. The molecule has 1 heterocycles. The summed E-state index contributed by atoms with van der Waals surface area (Å²) in [6, 6.07) is 17.6. The number of allylic oxidation sites excluding steroid dienone is 2. The van der Waals surface area contributed by atoms with Crippen LogP contribution in [0.25, 0.3) is 0 Å². The van der Waals surface area contributed by atoms with E-state index in [1.165, 1.54) is 48.8 Å². The van der Waals surface area contributed by atoms with Crippen LogP contribution in [-0.2, 0) is 21.5 Å². The summed E-state index contributed by atoms with van der Waals surface area (Å²) in [6.07, 6.45) is 15.0. The molecule has 202 valence electrons. The van der Waals surface area contributed by atoms with Crippen molar-refractivity contribution in [2.45, 2.75) is 109 Å². The van der Waals surface area contributed by atoms with Gasteiger partial charge in [0, 0.05) is 12.8 Å². The SMILES string of the molecule is CC=CC[C@@H]1CCC2(C[C@H]1c1ccc(C(C)(C)CCCCCC)cc1OCc1ccccc1)OCCO2. The van der Waals surface area contributed by atoms with Gasteiger partial charge in [-0.25, -0.2) is 0 Å². The van der Waals surface area contributed by atoms with E-state index in [-0.39, 0.29) is 5.41 Å². The Hall–Kier alpha value is -2.10. The van der Waals surface area contributed by atoms with E-state index in [0.717, 1.165) is 31.4 Å². The van der Waals surface area contributed by atoms with Crippen LogP contribution in [0, 0.1) is 5.92 Å². The smallest absolute Gasteiger partial charge is 0.169 e. The monoisotopic (exact) mass is 504 g/mol. The first-order valence-electron chi connectivity index (χ1n) is 14.7. The standard InChI is InChI=1S/C34H48O3/c1-5-7-9-13-20-33(3,4)29-17-18-30(32(24-29)35-26-27-14-11-10-12-15-27)31-25-34(36-22-23-37-34)21-19-28(31)16-8-6-2/h6,8,10-12,14-15,17-18,24,28,31H,5,7,9,13,16,19-23,25-26H2,1-4H3/t28-,31-/m1/s1. The largest absolute Gasteiger partial charge is 0.489 e. The number of benzene rings is 2. The fourth-order valence-electron chi connectivity index (χ4n) is 6.19. The van der Waals surface area contributed by atoms with E-state index in [1.807, 2.05) is 0 Å². The van der Waals surface area contributed by atoms with Crippen molar-refractivity contribution in [3.8, 4) is 5.75 Å². The van der Waals surface area contributed by atoms with Gasteiger partial charge >= 0.3 is 0 Å². The Morgan fingerprint density at radius 3 is 2.54 bits per heavy atom. The topological polar surface area (TPSA) is 27.7 Å². The van der Waals surface area contributed by atoms with Crippen LogP contribution in [0.4, 0.5) is 0 Å². The lowest BCUT2D eigenvalue weighted by molar-refractivity contribution is -0.187. The van der Waals surface area contributed by atoms with Crippen LogP contribution in [0.2, 0.25) is 0 Å². The maximum Gasteiger partial charge on any atom is 0.169 e. The summed E-state index contributed by atoms with van der Waals surface area (Å²) in [7, 11) is 0. The van der Waals surface area contributed by atoms with Gasteiger partial charge < -0.3 is 14.2 Å². The van der Waals surface area contributed by atoms with Crippen molar-refractivity contribution in [3.05, 3.63) is 77.4 Å². The molecule has 4 rings (SSSR count). The predicted octanol–water partition coefficient (Wildman–Crippen LogP) is 9.11. The third-order valence-corrected chi connectivity index (χ3v) is 8.57. The van der Waals surface area contributed by atoms with Crippen molar-refractivity contribution in [3.63, 3.8) is 0 Å². The minimum absolute atomic E-state index is 0.118. The second-order valence-corrected chi connectivity index (χ2v) is 11.7. The van der Waals surface area contributed by atoms with E-state index in [0.29, 0.717) is 31.7 Å². The molecule has 1 aliphatic carbocycles. The second kappa shape index (κ2) is 13.1. The second-order valence-electron chi connectivity index (χ2n) is 11.7. The van der Waals surface area contributed by atoms with Crippen molar-refractivity contribution in [1.29, 1.82) is 0 Å². The molecular weight excluding hydrogens is 456 g/mol. The molecule has 2 aromatic rings. The zero-order valence-electron chi connectivity index (χ0n) is 23.6. The minimum atomic E-state index is -0.426. The molecule has 2 aliphatic rings. The summed E-state index contributed by atoms with van der Waals surface area (Å²) >= 11 is 0. The Kier molecular flexibility index (Phi) is 9.90. The van der Waals surface area contributed by atoms with E-state index in [4.69, 9.17) is 14.2 Å². The molecular formula is C34H48O3. The molecule has 0 radical (unpaired) electrons. The van der Waals surface area contributed by atoms with Gasteiger partial charge in [0.2, 0.25) is 0 Å². The highest BCUT2D eigenvalue weighted by Gasteiger charge is 2.46. The van der Waals surface area contributed by atoms with Crippen molar-refractivity contribution in [1.82, 2.24) is 0 Å². The highest BCUT2D eigenvalue weighted by molar-refractivity contribution is 5.43. The van der Waals surface area contributed by atoms with Crippen LogP contribution in [0.3, 0.4) is 0 Å². The molecule has 37 heavy (non-hydrogen) atoms. The predicted molar refractivity (Wildman–Crippen MR) is 153 cm³/mol. The molecule has 1 spiro atoms. The molecule has 0 N–H and O–H groups in total. The molecule has 0 amide bonds. The van der Waals surface area contributed by atoms with Crippen molar-refractivity contribution >= 4 is 0 Å². The van der Waals surface area contributed by atoms with Crippen molar-refractivity contribution in [2.75, 3.05) is 13.2 Å². The highest BCUT2D eigenvalue weighted by atomic mass is 16.7. The van der Waals surface area contributed by atoms with E-state index in [2.05, 4.69) is 88.4 Å². The lowest BCUT2D eigenvalue weighted by Gasteiger charge is -2.42. The van der Waals surface area contributed by atoms with E-state index in [1.54, 1.807) is 0 Å². The minimum Gasteiger partial charge on any atom is -0.489 e. The first kappa shape index (κ1) is 27.9. The molecule has 3 heteroatoms. The average Bonchev–Trinajstić information content (AvgIpc) is 3.37. The fourth-order valence-corrected chi connectivity index (χ4v) is 6.19. The maximum atomic E-state index is 6.66. The summed E-state index contributed by atoms with van der Waals surface area (Å²) in [6.45, 7) is 11.2. The lowest BCUT2D eigenvalue weighted by Crippen LogP contribution is -2.39. The Morgan fingerprint density at radius 1 is 1.03 bits per heavy atom. The molecule has 2 atom stereocenters. The fraction of sp³-hybridized carbons (Fsp3) is 0.588. The van der Waals surface area contributed by atoms with Gasteiger partial charge in [0.05, 0.1) is 13.2 Å². The lowest BCUT2D eigenvalue weighted by atomic mass is 9.70. The van der Waals surface area contributed by atoms with Crippen LogP contribution >= 0.6 is 0 Å². The summed E-state index contributed by atoms with van der Waals surface area (Å²) in [5.74, 6) is 1.51. The molecule has 3 nitrogen and oxygen atoms in total. The average molecular weight is 505 g/mol. The van der Waals surface area contributed by atoms with Crippen molar-refractivity contribution < 1.29 is 14.2 Å². The zero-order valence-corrected chi connectivity index (χ0v) is 23.6. The summed E-state index contributed by atoms with van der Waals surface area (Å²) < 4.78 is 19.1. The van der Waals surface area contributed by atoms with Gasteiger partial charge in [-0.1, -0.05) is 101 Å². The molecule has 1 saturated heterocycles. The van der Waals surface area contributed by atoms with Gasteiger partial charge in [-0.3, -0.25) is 0 Å². The first-order chi connectivity index (χ1) is 18.0. The first-order valence-corrected chi connectivity index (χ1v) is 14.7. The number of unbranched alkanes of at least 4 members (excludes halogenated alkanes) is 3. The molecule has 0 unspecified atom stereocenters. The molecule has 2 aromatic carbocycles. The summed E-state index contributed by atoms with van der Waals surface area (Å²) in [4.78, 5) is 0. The van der Waals surface area contributed by atoms with Crippen LogP contribution in [-0.4, -0.2) is 19.0 Å². The molecule has 0 aromatic heterocycles. The van der Waals surface area contributed by atoms with Gasteiger partial charge in [-0.05, 0) is 66.2 Å². The van der Waals surface area contributed by atoms with Crippen LogP contribution in [0.15, 0.2) is 60.7 Å². The van der Waals surface area contributed by atoms with Crippen LogP contribution < -0.4 is 4.74 Å². The van der Waals surface area contributed by atoms with Gasteiger partial charge in [0.15, 0.2) is 5.79 Å². The number of hydrogen-bond donors (Lipinski definition) is 0. The molecule has 2 fully saturated rings. The Bertz CT molecular complexity index is 987. The van der Waals surface area contributed by atoms with Gasteiger partial charge in [0.25, 0.3) is 0 Å². The third-order valence-electron chi connectivity index (χ3n) is 8.57. The Morgan fingerprint density at radius 2 is 1.81 bits per heavy atom. The van der Waals surface area contributed by atoms with Gasteiger partial charge in [-0.2, -0.15) is 0 Å². The van der Waals surface area contributed by atoms with Crippen LogP contribution in [0.1, 0.15) is 108 Å². The van der Waals surface area contributed by atoms with Crippen molar-refractivity contribution in [2.24, 2.45) is 5.92 Å². The number of ether oxygens (including phenoxy) is 3. The van der Waals surface area contributed by atoms with Gasteiger partial charge in [-0.15, -0.1) is 0 Å². The Labute approximate surface area is 225 Å². The number of rotatable bonds is 12. The Balaban J connectivity index is 1.65. The van der Waals surface area contributed by atoms with E-state index < -0.39 is 5.79 Å². The van der Waals surface area contributed by atoms with E-state index >= 15 is 0 Å². The summed E-state index contributed by atoms with van der Waals surface area (Å²) in [5.41, 5.74) is 4.01. The number of hydrogen-bond acceptors (Lipinski definition) is 3. The molecule has 1 saturated carbocycles. The normalized spacial score (nSPS) is 21.6. The summed E-state index contributed by atoms with van der Waals surface area (Å²) in [5, 5.41) is 0. The third kappa shape index (κ3) is 7.27. The maximum absolute atomic E-state index is 6.66. The molecule has 0 bridgehead atoms. The van der Waals surface area contributed by atoms with E-state index in [9.17, 15) is 0 Å². The molecule has 1 aliphatic heterocycles.